The molecule has 1 aliphatic heterocycles. The highest BCUT2D eigenvalue weighted by Crippen LogP contribution is 2.29. The van der Waals surface area contributed by atoms with E-state index in [9.17, 15) is 8.42 Å². The molecule has 1 heterocycles. The Morgan fingerprint density at radius 1 is 1.15 bits per heavy atom. The van der Waals surface area contributed by atoms with Crippen LogP contribution in [0, 0.1) is 0 Å². The largest absolute Gasteiger partial charge is 0.497 e. The average Bonchev–Trinajstić information content (AvgIpc) is 2.67. The molecule has 1 atom stereocenters. The fourth-order valence-corrected chi connectivity index (χ4v) is 5.29. The fraction of sp³-hybridized carbons (Fsp3) is 0.400. The summed E-state index contributed by atoms with van der Waals surface area (Å²) in [6.45, 7) is 5.17. The van der Waals surface area contributed by atoms with Crippen LogP contribution in [-0.2, 0) is 23.2 Å². The van der Waals surface area contributed by atoms with Crippen molar-refractivity contribution in [2.45, 2.75) is 32.9 Å². The highest BCUT2D eigenvalue weighted by atomic mass is 32.2. The van der Waals surface area contributed by atoms with E-state index in [0.717, 1.165) is 23.3 Å². The number of nitrogens with zero attached hydrogens (tertiary/aromatic N) is 2. The van der Waals surface area contributed by atoms with Gasteiger partial charge in [-0.1, -0.05) is 43.3 Å². The van der Waals surface area contributed by atoms with Gasteiger partial charge in [0.15, 0.2) is 0 Å². The van der Waals surface area contributed by atoms with Crippen LogP contribution in [0.5, 0.6) is 5.75 Å². The molecule has 0 aliphatic carbocycles. The Morgan fingerprint density at radius 3 is 2.58 bits per heavy atom. The van der Waals surface area contributed by atoms with Crippen molar-refractivity contribution >= 4 is 10.2 Å². The molecule has 0 bridgehead atoms. The molecule has 1 unspecified atom stereocenters. The Kier molecular flexibility index (Phi) is 5.65. The average molecular weight is 375 g/mol. The minimum absolute atomic E-state index is 0.266. The third-order valence-electron chi connectivity index (χ3n) is 5.04. The molecule has 0 radical (unpaired) electrons. The van der Waals surface area contributed by atoms with Crippen molar-refractivity contribution < 1.29 is 13.2 Å². The van der Waals surface area contributed by atoms with Crippen LogP contribution in [0.3, 0.4) is 0 Å². The van der Waals surface area contributed by atoms with Gasteiger partial charge in [0.05, 0.1) is 7.11 Å². The van der Waals surface area contributed by atoms with Gasteiger partial charge in [-0.15, -0.1) is 0 Å². The van der Waals surface area contributed by atoms with Crippen molar-refractivity contribution in [3.05, 3.63) is 65.2 Å². The lowest BCUT2D eigenvalue weighted by Crippen LogP contribution is -2.46. The van der Waals surface area contributed by atoms with Crippen LogP contribution in [0.15, 0.2) is 48.5 Å². The second-order valence-electron chi connectivity index (χ2n) is 6.52. The second kappa shape index (κ2) is 7.78. The van der Waals surface area contributed by atoms with E-state index >= 15 is 0 Å². The van der Waals surface area contributed by atoms with Crippen LogP contribution in [0.25, 0.3) is 0 Å². The standard InChI is InChI=1S/C20H26N2O3S/c1-4-22(16(2)18-10-7-11-20(14-18)25-3)26(23,24)21-13-12-17-8-5-6-9-19(17)15-21/h5-11,14,16H,4,12-13,15H2,1-3H3. The molecular formula is C20H26N2O3S. The predicted molar refractivity (Wildman–Crippen MR) is 103 cm³/mol. The van der Waals surface area contributed by atoms with Crippen molar-refractivity contribution in [1.82, 2.24) is 8.61 Å². The lowest BCUT2D eigenvalue weighted by Gasteiger charge is -2.35. The van der Waals surface area contributed by atoms with Gasteiger partial charge in [-0.2, -0.15) is 17.0 Å². The Morgan fingerprint density at radius 2 is 1.88 bits per heavy atom. The lowest BCUT2D eigenvalue weighted by atomic mass is 10.0. The van der Waals surface area contributed by atoms with E-state index in [0.29, 0.717) is 19.6 Å². The number of hydrogen-bond acceptors (Lipinski definition) is 3. The van der Waals surface area contributed by atoms with Crippen molar-refractivity contribution in [1.29, 1.82) is 0 Å². The van der Waals surface area contributed by atoms with Gasteiger partial charge < -0.3 is 4.74 Å². The van der Waals surface area contributed by atoms with Crippen LogP contribution in [0.4, 0.5) is 0 Å². The first-order chi connectivity index (χ1) is 12.5. The first kappa shape index (κ1) is 18.9. The van der Waals surface area contributed by atoms with E-state index in [1.165, 1.54) is 5.56 Å². The highest BCUT2D eigenvalue weighted by molar-refractivity contribution is 7.86. The Balaban J connectivity index is 1.86. The molecule has 6 heteroatoms. The smallest absolute Gasteiger partial charge is 0.282 e. The van der Waals surface area contributed by atoms with Gasteiger partial charge in [-0.25, -0.2) is 0 Å². The Labute approximate surface area is 156 Å². The molecule has 0 fully saturated rings. The molecule has 1 aliphatic rings. The van der Waals surface area contributed by atoms with Crippen molar-refractivity contribution in [2.75, 3.05) is 20.2 Å². The molecule has 2 aromatic rings. The molecule has 0 N–H and O–H groups in total. The lowest BCUT2D eigenvalue weighted by molar-refractivity contribution is 0.295. The molecule has 0 amide bonds. The summed E-state index contributed by atoms with van der Waals surface area (Å²) in [5.41, 5.74) is 3.25. The maximum atomic E-state index is 13.3. The van der Waals surface area contributed by atoms with Crippen LogP contribution in [0.1, 0.15) is 36.6 Å². The topological polar surface area (TPSA) is 49.9 Å². The number of ether oxygens (including phenoxy) is 1. The Bertz CT molecular complexity index is 867. The van der Waals surface area contributed by atoms with E-state index in [1.807, 2.05) is 56.3 Å². The van der Waals surface area contributed by atoms with Crippen LogP contribution in [-0.4, -0.2) is 37.2 Å². The SMILES string of the molecule is CCN(C(C)c1cccc(OC)c1)S(=O)(=O)N1CCc2ccccc2C1. The number of rotatable bonds is 6. The van der Waals surface area contributed by atoms with Gasteiger partial charge in [0.25, 0.3) is 10.2 Å². The maximum absolute atomic E-state index is 13.3. The summed E-state index contributed by atoms with van der Waals surface area (Å²) in [5.74, 6) is 0.731. The van der Waals surface area contributed by atoms with Gasteiger partial charge in [-0.05, 0) is 42.2 Å². The minimum Gasteiger partial charge on any atom is -0.497 e. The molecule has 3 rings (SSSR count). The molecule has 0 aromatic heterocycles. The van der Waals surface area contributed by atoms with Gasteiger partial charge in [-0.3, -0.25) is 0 Å². The zero-order valence-electron chi connectivity index (χ0n) is 15.6. The molecule has 0 spiro atoms. The molecule has 140 valence electrons. The van der Waals surface area contributed by atoms with Gasteiger partial charge >= 0.3 is 0 Å². The van der Waals surface area contributed by atoms with Crippen molar-refractivity contribution in [3.8, 4) is 5.75 Å². The number of methoxy groups -OCH3 is 1. The van der Waals surface area contributed by atoms with E-state index in [1.54, 1.807) is 15.7 Å². The highest BCUT2D eigenvalue weighted by Gasteiger charge is 2.34. The van der Waals surface area contributed by atoms with Crippen LogP contribution >= 0.6 is 0 Å². The van der Waals surface area contributed by atoms with E-state index in [4.69, 9.17) is 4.74 Å². The molecule has 2 aromatic carbocycles. The predicted octanol–water partition coefficient (Wildman–Crippen LogP) is 3.38. The van der Waals surface area contributed by atoms with Crippen molar-refractivity contribution in [2.24, 2.45) is 0 Å². The summed E-state index contributed by atoms with van der Waals surface area (Å²) in [5, 5.41) is 0. The molecule has 26 heavy (non-hydrogen) atoms. The second-order valence-corrected chi connectivity index (χ2v) is 8.40. The summed E-state index contributed by atoms with van der Waals surface area (Å²) >= 11 is 0. The molecule has 0 saturated carbocycles. The fourth-order valence-electron chi connectivity index (χ4n) is 3.52. The summed E-state index contributed by atoms with van der Waals surface area (Å²) in [6, 6.07) is 15.4. The zero-order valence-corrected chi connectivity index (χ0v) is 16.4. The molecule has 0 saturated heterocycles. The van der Waals surface area contributed by atoms with Crippen molar-refractivity contribution in [3.63, 3.8) is 0 Å². The first-order valence-corrected chi connectivity index (χ1v) is 10.3. The number of benzene rings is 2. The number of hydrogen-bond donors (Lipinski definition) is 0. The zero-order chi connectivity index (χ0) is 18.7. The van der Waals surface area contributed by atoms with Crippen LogP contribution in [0.2, 0.25) is 0 Å². The van der Waals surface area contributed by atoms with Gasteiger partial charge in [0.1, 0.15) is 5.75 Å². The third kappa shape index (κ3) is 3.63. The molecule has 5 nitrogen and oxygen atoms in total. The summed E-state index contributed by atoms with van der Waals surface area (Å²) in [6.07, 6.45) is 0.750. The number of fused-ring (bicyclic) bond motifs is 1. The first-order valence-electron chi connectivity index (χ1n) is 8.95. The quantitative estimate of drug-likeness (QED) is 0.779. The normalized spacial score (nSPS) is 16.3. The summed E-state index contributed by atoms with van der Waals surface area (Å²) in [7, 11) is -1.94. The van der Waals surface area contributed by atoms with Gasteiger partial charge in [0, 0.05) is 25.7 Å². The third-order valence-corrected chi connectivity index (χ3v) is 7.17. The Hall–Kier alpha value is -1.89. The van der Waals surface area contributed by atoms with E-state index in [2.05, 4.69) is 6.07 Å². The van der Waals surface area contributed by atoms with E-state index in [-0.39, 0.29) is 6.04 Å². The van der Waals surface area contributed by atoms with Gasteiger partial charge in [0.2, 0.25) is 0 Å². The monoisotopic (exact) mass is 374 g/mol. The maximum Gasteiger partial charge on any atom is 0.282 e. The summed E-state index contributed by atoms with van der Waals surface area (Å²) < 4.78 is 35.1. The van der Waals surface area contributed by atoms with E-state index < -0.39 is 10.2 Å². The molecular weight excluding hydrogens is 348 g/mol. The minimum atomic E-state index is -3.56. The van der Waals surface area contributed by atoms with Crippen LogP contribution < -0.4 is 4.74 Å². The summed E-state index contributed by atoms with van der Waals surface area (Å²) in [4.78, 5) is 0.